The van der Waals surface area contributed by atoms with Gasteiger partial charge in [-0.2, -0.15) is 0 Å². The van der Waals surface area contributed by atoms with E-state index in [4.69, 9.17) is 0 Å². The predicted octanol–water partition coefficient (Wildman–Crippen LogP) is 36.5. The Hall–Kier alpha value is -18.2. The molecule has 0 heterocycles. The van der Waals surface area contributed by atoms with E-state index in [9.17, 15) is 0 Å². The van der Waals surface area contributed by atoms with Crippen LogP contribution in [0.15, 0.2) is 516 Å². The third-order valence-corrected chi connectivity index (χ3v) is 33.0. The Balaban J connectivity index is 0.691. The number of nitrogens with zero attached hydrogens (tertiary/aromatic N) is 3. The summed E-state index contributed by atoms with van der Waals surface area (Å²) in [5, 5.41) is 8.67. The smallest absolute Gasteiger partial charge is 0.0726 e. The number of para-hydroxylation sites is 1. The van der Waals surface area contributed by atoms with Gasteiger partial charge in [-0.1, -0.05) is 414 Å². The van der Waals surface area contributed by atoms with Crippen molar-refractivity contribution in [1.29, 1.82) is 0 Å². The van der Waals surface area contributed by atoms with Gasteiger partial charge >= 0.3 is 0 Å². The normalized spacial score (nSPS) is 14.0. The largest absolute Gasteiger partial charge is 0.355 e. The molecule has 23 aromatic carbocycles. The van der Waals surface area contributed by atoms with Gasteiger partial charge in [0.15, 0.2) is 0 Å². The fraction of sp³-hybridized carbons (Fsp3) is 0.0429. The van der Waals surface area contributed by atoms with E-state index >= 15 is 0 Å². The summed E-state index contributed by atoms with van der Waals surface area (Å²) in [6.45, 7) is 4.95. The fourth-order valence-electron chi connectivity index (χ4n) is 27.1. The van der Waals surface area contributed by atoms with E-state index in [-0.39, 0.29) is 0 Å². The maximum Gasteiger partial charge on any atom is 0.0726 e. The van der Waals surface area contributed by atoms with Crippen molar-refractivity contribution in [3.63, 3.8) is 0 Å². The van der Waals surface area contributed by atoms with Crippen LogP contribution in [-0.2, 0) is 21.7 Å². The average Bonchev–Trinajstić information content (AvgIpc) is 1.51. The Labute approximate surface area is 838 Å². The lowest BCUT2D eigenvalue weighted by Gasteiger charge is -2.34. The van der Waals surface area contributed by atoms with Crippen molar-refractivity contribution in [1.82, 2.24) is 0 Å². The van der Waals surface area contributed by atoms with Crippen LogP contribution in [0.4, 0.5) is 62.6 Å². The first-order valence-electron chi connectivity index (χ1n) is 50.4. The van der Waals surface area contributed by atoms with Crippen LogP contribution in [0, 0.1) is 0 Å². The molecule has 0 fully saturated rings. The second-order valence-electron chi connectivity index (χ2n) is 40.3. The van der Waals surface area contributed by atoms with Crippen LogP contribution in [0.5, 0.6) is 0 Å². The Bertz CT molecular complexity index is 9150. The molecule has 0 bridgehead atoms. The number of hydrogen-bond donors (Lipinski definition) is 1. The zero-order chi connectivity index (χ0) is 94.8. The highest BCUT2D eigenvalue weighted by Crippen LogP contribution is 2.70. The van der Waals surface area contributed by atoms with E-state index < -0.39 is 21.7 Å². The van der Waals surface area contributed by atoms with Crippen molar-refractivity contribution >= 4 is 84.1 Å². The average molecular weight is 1830 g/mol. The minimum absolute atomic E-state index is 0.561. The summed E-state index contributed by atoms with van der Waals surface area (Å²) in [7, 11) is 0. The van der Waals surface area contributed by atoms with E-state index in [1.165, 1.54) is 161 Å². The first-order chi connectivity index (χ1) is 71.2. The van der Waals surface area contributed by atoms with Crippen molar-refractivity contribution in [2.24, 2.45) is 0 Å². The molecule has 0 radical (unpaired) electrons. The molecule has 4 nitrogen and oxygen atoms in total. The number of fused-ring (bicyclic) bond motifs is 35. The molecular formula is C140H92N4. The molecule has 672 valence electrons. The summed E-state index contributed by atoms with van der Waals surface area (Å²) >= 11 is 0. The van der Waals surface area contributed by atoms with Gasteiger partial charge in [-0.3, -0.25) is 0 Å². The monoisotopic (exact) mass is 1830 g/mol. The van der Waals surface area contributed by atoms with Crippen LogP contribution in [0.25, 0.3) is 133 Å². The molecule has 144 heavy (non-hydrogen) atoms. The summed E-state index contributed by atoms with van der Waals surface area (Å²) < 4.78 is 0. The third-order valence-electron chi connectivity index (χ3n) is 33.0. The van der Waals surface area contributed by atoms with Crippen LogP contribution in [0.2, 0.25) is 0 Å². The molecule has 1 N–H and O–H groups in total. The summed E-state index contributed by atoms with van der Waals surface area (Å²) in [5.74, 6) is 0. The molecule has 0 amide bonds. The Morgan fingerprint density at radius 1 is 0.167 bits per heavy atom. The molecule has 0 atom stereocenters. The summed E-state index contributed by atoms with van der Waals surface area (Å²) in [6, 6.07) is 196. The minimum atomic E-state index is -0.646. The van der Waals surface area contributed by atoms with Gasteiger partial charge in [0, 0.05) is 78.0 Å². The SMILES string of the molecule is CC1(C)c2cc(N(c3ccc(-c4ccccc4)cc3)c3ccc4c(c3)C3(c5ccccc5-c5ccccc53)c3ccccc3-4)ccc2-c2cc3c(N(c4ccccc4)c4cccc5c4-c4ccccc4C54c5ccccc5-c5ccccc54)c4cc(N(c5ccc(-c6ccccc6)cc5)c5ccc6c(c5)C5(c7ccccc7-c7ccccc75)c5ccccc5-6)ccc4c(Nc4ccc(-c5ccccc5)cc4)c3cc21. The van der Waals surface area contributed by atoms with Crippen molar-refractivity contribution < 1.29 is 0 Å². The Kier molecular flexibility index (Phi) is 17.7. The molecule has 30 rings (SSSR count). The number of rotatable bonds is 14. The second-order valence-corrected chi connectivity index (χ2v) is 40.3. The van der Waals surface area contributed by atoms with Crippen LogP contribution in [0.1, 0.15) is 91.7 Å². The fourth-order valence-corrected chi connectivity index (χ4v) is 27.1. The molecule has 23 aromatic rings. The first-order valence-corrected chi connectivity index (χ1v) is 50.4. The van der Waals surface area contributed by atoms with Gasteiger partial charge in [-0.15, -0.1) is 0 Å². The summed E-state index contributed by atoms with van der Waals surface area (Å²) in [5.41, 5.74) is 51.5. The van der Waals surface area contributed by atoms with Crippen molar-refractivity contribution in [3.8, 4) is 111 Å². The maximum atomic E-state index is 4.36. The lowest BCUT2D eigenvalue weighted by atomic mass is 9.70. The number of nitrogens with one attached hydrogen (secondary N) is 1. The number of anilines is 11. The molecular weight excluding hydrogens is 1740 g/mol. The predicted molar refractivity (Wildman–Crippen MR) is 598 cm³/mol. The summed E-state index contributed by atoms with van der Waals surface area (Å²) in [4.78, 5) is 7.77. The highest BCUT2D eigenvalue weighted by molar-refractivity contribution is 6.25. The van der Waals surface area contributed by atoms with Gasteiger partial charge < -0.3 is 20.0 Å². The van der Waals surface area contributed by atoms with E-state index in [1.807, 2.05) is 0 Å². The van der Waals surface area contributed by atoms with Crippen LogP contribution < -0.4 is 20.0 Å². The molecule has 4 heteroatoms. The van der Waals surface area contributed by atoms with Crippen LogP contribution in [-0.4, -0.2) is 0 Å². The molecule has 0 aromatic heterocycles. The molecule has 3 spiro atoms. The van der Waals surface area contributed by atoms with Crippen LogP contribution >= 0.6 is 0 Å². The van der Waals surface area contributed by atoms with Gasteiger partial charge in [-0.25, -0.2) is 0 Å². The summed E-state index contributed by atoms with van der Waals surface area (Å²) in [6.07, 6.45) is 0. The molecule has 0 saturated carbocycles. The first kappa shape index (κ1) is 81.7. The van der Waals surface area contributed by atoms with Crippen molar-refractivity contribution in [2.75, 3.05) is 20.0 Å². The van der Waals surface area contributed by atoms with Crippen LogP contribution in [0.3, 0.4) is 0 Å². The van der Waals surface area contributed by atoms with E-state index in [0.717, 1.165) is 112 Å². The minimum Gasteiger partial charge on any atom is -0.355 e. The maximum absolute atomic E-state index is 4.36. The number of benzene rings is 23. The van der Waals surface area contributed by atoms with E-state index in [1.54, 1.807) is 0 Å². The third kappa shape index (κ3) is 11.4. The topological polar surface area (TPSA) is 21.8 Å². The molecule has 0 saturated heterocycles. The van der Waals surface area contributed by atoms with Gasteiger partial charge in [0.2, 0.25) is 0 Å². The Morgan fingerprint density at radius 3 is 0.847 bits per heavy atom. The molecule has 0 aliphatic heterocycles. The molecule has 0 unspecified atom stereocenters. The van der Waals surface area contributed by atoms with Gasteiger partial charge in [0.25, 0.3) is 0 Å². The van der Waals surface area contributed by atoms with E-state index in [2.05, 4.69) is 550 Å². The van der Waals surface area contributed by atoms with E-state index in [0.29, 0.717) is 0 Å². The number of hydrogen-bond acceptors (Lipinski definition) is 4. The highest BCUT2D eigenvalue weighted by Gasteiger charge is 2.56. The molecule has 7 aliphatic carbocycles. The standard InChI is InChI=1S/C140H92N4/c1-137(2)129-83-99(143(97-72-66-93(67-73-97)90-38-11-5-12-39-90)101-75-79-111-109-49-22-31-58-126(109)140(132(111)85-101)123-55-28-19-46-106(123)107-47-20-29-56-124(107)140)76-80-112(129)115-86-118-116(87-130(115)137)135(141-94-68-62-91(63-69-94)88-34-7-3-8-35-88)113-81-77-98(82-117(113)136(118)144(95-40-13-6-14-41-95)133-61-33-60-128-134(133)114-50-23-32-59-127(114)138(128)119-51-24-15-42-102(119)103-43-16-25-52-120(103)138)142(96-70-64-92(65-71-96)89-36-9-4-10-37-89)100-74-78-110-108-48-21-30-57-125(108)139(131(110)84-100)121-53-26-17-44-104(121)105-45-18-27-54-122(105)139/h3-87,141H,1-2H3. The quantitative estimate of drug-likeness (QED) is 0.0865. The Morgan fingerprint density at radius 2 is 0.444 bits per heavy atom. The van der Waals surface area contributed by atoms with Gasteiger partial charge in [0.1, 0.15) is 0 Å². The lowest BCUT2D eigenvalue weighted by Crippen LogP contribution is -2.26. The van der Waals surface area contributed by atoms with Crippen molar-refractivity contribution in [3.05, 3.63) is 594 Å². The lowest BCUT2D eigenvalue weighted by molar-refractivity contribution is 0.661. The van der Waals surface area contributed by atoms with Gasteiger partial charge in [0.05, 0.1) is 33.3 Å². The second kappa shape index (κ2) is 31.1. The zero-order valence-electron chi connectivity index (χ0n) is 79.4. The van der Waals surface area contributed by atoms with Crippen molar-refractivity contribution in [2.45, 2.75) is 35.5 Å². The highest BCUT2D eigenvalue weighted by atomic mass is 15.2. The molecule has 7 aliphatic rings. The zero-order valence-corrected chi connectivity index (χ0v) is 79.4. The van der Waals surface area contributed by atoms with Gasteiger partial charge in [-0.05, 0) is 299 Å².